The minimum Gasteiger partial charge on any atom is -0.494 e. The summed E-state index contributed by atoms with van der Waals surface area (Å²) in [6, 6.07) is 9.51. The SMILES string of the molecule is CCOc1ccc(NC(=O)CN(C(C)=O)c2ccc(F)cc2F)cc1. The molecule has 0 saturated carbocycles. The number of carbonyl (C=O) groups is 2. The van der Waals surface area contributed by atoms with Crippen LogP contribution in [0.5, 0.6) is 5.75 Å². The molecule has 25 heavy (non-hydrogen) atoms. The van der Waals surface area contributed by atoms with Gasteiger partial charge in [0.05, 0.1) is 12.3 Å². The van der Waals surface area contributed by atoms with E-state index in [4.69, 9.17) is 4.74 Å². The third-order valence-electron chi connectivity index (χ3n) is 3.33. The molecule has 0 radical (unpaired) electrons. The Kier molecular flexibility index (Phi) is 6.05. The second-order valence-electron chi connectivity index (χ2n) is 5.21. The van der Waals surface area contributed by atoms with Gasteiger partial charge in [-0.05, 0) is 43.3 Å². The second-order valence-corrected chi connectivity index (χ2v) is 5.21. The fourth-order valence-corrected chi connectivity index (χ4v) is 2.21. The largest absolute Gasteiger partial charge is 0.494 e. The molecular formula is C18H18F2N2O3. The molecule has 0 aliphatic carbocycles. The molecular weight excluding hydrogens is 330 g/mol. The number of amides is 2. The van der Waals surface area contributed by atoms with Crippen molar-refractivity contribution in [2.75, 3.05) is 23.4 Å². The van der Waals surface area contributed by atoms with Gasteiger partial charge >= 0.3 is 0 Å². The van der Waals surface area contributed by atoms with Gasteiger partial charge < -0.3 is 15.0 Å². The molecule has 2 aromatic rings. The van der Waals surface area contributed by atoms with E-state index in [-0.39, 0.29) is 5.69 Å². The number of halogens is 2. The van der Waals surface area contributed by atoms with Crippen molar-refractivity contribution in [2.24, 2.45) is 0 Å². The predicted octanol–water partition coefficient (Wildman–Crippen LogP) is 3.36. The molecule has 0 unspecified atom stereocenters. The van der Waals surface area contributed by atoms with E-state index in [1.54, 1.807) is 24.3 Å². The number of nitrogens with one attached hydrogen (secondary N) is 1. The average molecular weight is 348 g/mol. The molecule has 2 aromatic carbocycles. The number of hydrogen-bond donors (Lipinski definition) is 1. The molecule has 0 aromatic heterocycles. The van der Waals surface area contributed by atoms with Crippen molar-refractivity contribution in [3.63, 3.8) is 0 Å². The number of anilines is 2. The maximum Gasteiger partial charge on any atom is 0.244 e. The van der Waals surface area contributed by atoms with Crippen molar-refractivity contribution >= 4 is 23.2 Å². The minimum absolute atomic E-state index is 0.157. The Hall–Kier alpha value is -2.96. The number of nitrogens with zero attached hydrogens (tertiary/aromatic N) is 1. The van der Waals surface area contributed by atoms with E-state index in [0.29, 0.717) is 24.1 Å². The quantitative estimate of drug-likeness (QED) is 0.871. The molecule has 2 rings (SSSR count). The van der Waals surface area contributed by atoms with Crippen LogP contribution in [0.2, 0.25) is 0 Å². The summed E-state index contributed by atoms with van der Waals surface area (Å²) in [6.07, 6.45) is 0. The maximum atomic E-state index is 13.9. The molecule has 0 atom stereocenters. The third kappa shape index (κ3) is 5.00. The summed E-state index contributed by atoms with van der Waals surface area (Å²) in [4.78, 5) is 24.9. The monoisotopic (exact) mass is 348 g/mol. The fourth-order valence-electron chi connectivity index (χ4n) is 2.21. The maximum absolute atomic E-state index is 13.9. The van der Waals surface area contributed by atoms with Crippen LogP contribution >= 0.6 is 0 Å². The van der Waals surface area contributed by atoms with Gasteiger partial charge in [0.25, 0.3) is 0 Å². The summed E-state index contributed by atoms with van der Waals surface area (Å²) >= 11 is 0. The van der Waals surface area contributed by atoms with Crippen molar-refractivity contribution in [2.45, 2.75) is 13.8 Å². The van der Waals surface area contributed by atoms with Crippen LogP contribution < -0.4 is 15.0 Å². The normalized spacial score (nSPS) is 10.2. The fraction of sp³-hybridized carbons (Fsp3) is 0.222. The van der Waals surface area contributed by atoms with Gasteiger partial charge in [-0.15, -0.1) is 0 Å². The molecule has 2 amide bonds. The van der Waals surface area contributed by atoms with Crippen LogP contribution in [0.3, 0.4) is 0 Å². The van der Waals surface area contributed by atoms with E-state index in [1.165, 1.54) is 6.92 Å². The molecule has 0 aliphatic heterocycles. The van der Waals surface area contributed by atoms with Crippen LogP contribution in [0.25, 0.3) is 0 Å². The summed E-state index contributed by atoms with van der Waals surface area (Å²) < 4.78 is 32.2. The molecule has 0 heterocycles. The summed E-state index contributed by atoms with van der Waals surface area (Å²) in [5.74, 6) is -2.05. The molecule has 7 heteroatoms. The van der Waals surface area contributed by atoms with Crippen molar-refractivity contribution in [1.82, 2.24) is 0 Å². The summed E-state index contributed by atoms with van der Waals surface area (Å²) in [7, 11) is 0. The van der Waals surface area contributed by atoms with E-state index in [0.717, 1.165) is 17.0 Å². The highest BCUT2D eigenvalue weighted by molar-refractivity contribution is 6.01. The minimum atomic E-state index is -0.913. The van der Waals surface area contributed by atoms with Crippen LogP contribution in [-0.2, 0) is 9.59 Å². The first-order valence-corrected chi connectivity index (χ1v) is 7.66. The number of benzene rings is 2. The highest BCUT2D eigenvalue weighted by Crippen LogP contribution is 2.21. The number of rotatable bonds is 6. The highest BCUT2D eigenvalue weighted by atomic mass is 19.1. The van der Waals surface area contributed by atoms with Gasteiger partial charge in [0.2, 0.25) is 11.8 Å². The summed E-state index contributed by atoms with van der Waals surface area (Å²) in [5, 5.41) is 2.61. The van der Waals surface area contributed by atoms with Crippen LogP contribution in [0.15, 0.2) is 42.5 Å². The molecule has 0 spiro atoms. The van der Waals surface area contributed by atoms with Gasteiger partial charge in [0.1, 0.15) is 23.9 Å². The first kappa shape index (κ1) is 18.4. The van der Waals surface area contributed by atoms with Gasteiger partial charge in [-0.25, -0.2) is 8.78 Å². The zero-order valence-corrected chi connectivity index (χ0v) is 13.9. The number of hydrogen-bond acceptors (Lipinski definition) is 3. The molecule has 0 saturated heterocycles. The van der Waals surface area contributed by atoms with E-state index >= 15 is 0 Å². The summed E-state index contributed by atoms with van der Waals surface area (Å²) in [6.45, 7) is 3.20. The molecule has 0 fully saturated rings. The van der Waals surface area contributed by atoms with E-state index < -0.39 is 30.0 Å². The molecule has 0 aliphatic rings. The zero-order chi connectivity index (χ0) is 18.4. The van der Waals surface area contributed by atoms with Crippen LogP contribution in [0.4, 0.5) is 20.2 Å². The van der Waals surface area contributed by atoms with E-state index in [9.17, 15) is 18.4 Å². The van der Waals surface area contributed by atoms with Crippen molar-refractivity contribution < 1.29 is 23.1 Å². The van der Waals surface area contributed by atoms with Gasteiger partial charge in [0.15, 0.2) is 0 Å². The lowest BCUT2D eigenvalue weighted by atomic mass is 10.2. The molecule has 5 nitrogen and oxygen atoms in total. The lowest BCUT2D eigenvalue weighted by molar-refractivity contribution is -0.120. The van der Waals surface area contributed by atoms with Crippen molar-refractivity contribution in [1.29, 1.82) is 0 Å². The Morgan fingerprint density at radius 3 is 2.36 bits per heavy atom. The Labute approximate surface area is 144 Å². The third-order valence-corrected chi connectivity index (χ3v) is 3.33. The highest BCUT2D eigenvalue weighted by Gasteiger charge is 2.19. The Morgan fingerprint density at radius 2 is 1.80 bits per heavy atom. The van der Waals surface area contributed by atoms with E-state index in [1.807, 2.05) is 6.92 Å². The zero-order valence-electron chi connectivity index (χ0n) is 13.9. The Morgan fingerprint density at radius 1 is 1.12 bits per heavy atom. The molecule has 0 bridgehead atoms. The van der Waals surface area contributed by atoms with Crippen LogP contribution in [-0.4, -0.2) is 25.0 Å². The standard InChI is InChI=1S/C18H18F2N2O3/c1-3-25-15-7-5-14(6-8-15)21-18(24)11-22(12(2)23)17-9-4-13(19)10-16(17)20/h4-10H,3,11H2,1-2H3,(H,21,24). The van der Waals surface area contributed by atoms with Crippen LogP contribution in [0, 0.1) is 11.6 Å². The Balaban J connectivity index is 2.08. The second kappa shape index (κ2) is 8.23. The predicted molar refractivity (Wildman–Crippen MR) is 90.6 cm³/mol. The topological polar surface area (TPSA) is 58.6 Å². The first-order chi connectivity index (χ1) is 11.9. The van der Waals surface area contributed by atoms with Gasteiger partial charge in [-0.2, -0.15) is 0 Å². The molecule has 132 valence electrons. The van der Waals surface area contributed by atoms with Gasteiger partial charge in [0, 0.05) is 18.7 Å². The first-order valence-electron chi connectivity index (χ1n) is 7.66. The van der Waals surface area contributed by atoms with Crippen molar-refractivity contribution in [3.8, 4) is 5.75 Å². The van der Waals surface area contributed by atoms with Crippen LogP contribution in [0.1, 0.15) is 13.8 Å². The average Bonchev–Trinajstić information content (AvgIpc) is 2.55. The lowest BCUT2D eigenvalue weighted by Crippen LogP contribution is -2.37. The van der Waals surface area contributed by atoms with E-state index in [2.05, 4.69) is 5.32 Å². The van der Waals surface area contributed by atoms with Crippen molar-refractivity contribution in [3.05, 3.63) is 54.1 Å². The number of carbonyl (C=O) groups excluding carboxylic acids is 2. The smallest absolute Gasteiger partial charge is 0.244 e. The summed E-state index contributed by atoms with van der Waals surface area (Å²) in [5.41, 5.74) is 0.354. The van der Waals surface area contributed by atoms with Gasteiger partial charge in [-0.1, -0.05) is 0 Å². The lowest BCUT2D eigenvalue weighted by Gasteiger charge is -2.21. The molecule has 1 N–H and O–H groups in total. The van der Waals surface area contributed by atoms with Gasteiger partial charge in [-0.3, -0.25) is 9.59 Å². The Bertz CT molecular complexity index is 763. The number of ether oxygens (including phenoxy) is 1.